The molecular weight excluding hydrogens is 186 g/mol. The van der Waals surface area contributed by atoms with Crippen LogP contribution in [-0.4, -0.2) is 19.4 Å². The second-order valence-electron chi connectivity index (χ2n) is 3.85. The van der Waals surface area contributed by atoms with Crippen molar-refractivity contribution in [2.24, 2.45) is 0 Å². The Morgan fingerprint density at radius 2 is 2.27 bits per heavy atom. The van der Waals surface area contributed by atoms with Gasteiger partial charge in [0, 0.05) is 31.1 Å². The third kappa shape index (κ3) is 1.80. The van der Waals surface area contributed by atoms with Gasteiger partial charge in [-0.1, -0.05) is 24.3 Å². The topological polar surface area (TPSA) is 20.3 Å². The summed E-state index contributed by atoms with van der Waals surface area (Å²) in [6.07, 6.45) is 3.53. The van der Waals surface area contributed by atoms with Crippen LogP contribution in [-0.2, 0) is 4.79 Å². The van der Waals surface area contributed by atoms with Gasteiger partial charge in [0.15, 0.2) is 0 Å². The molecule has 0 N–H and O–H groups in total. The van der Waals surface area contributed by atoms with Gasteiger partial charge >= 0.3 is 0 Å². The molecule has 78 valence electrons. The molecule has 0 radical (unpaired) electrons. The molecule has 2 rings (SSSR count). The van der Waals surface area contributed by atoms with Gasteiger partial charge < -0.3 is 9.69 Å². The molecule has 0 spiro atoms. The third-order valence-electron chi connectivity index (χ3n) is 2.89. The third-order valence-corrected chi connectivity index (χ3v) is 2.89. The summed E-state index contributed by atoms with van der Waals surface area (Å²) in [5, 5.41) is 0. The first-order chi connectivity index (χ1) is 7.36. The highest BCUT2D eigenvalue weighted by Crippen LogP contribution is 2.37. The number of anilines is 1. The Bertz CT molecular complexity index is 338. The number of aldehydes is 1. The summed E-state index contributed by atoms with van der Waals surface area (Å²) >= 11 is 0. The highest BCUT2D eigenvalue weighted by molar-refractivity contribution is 5.63. The molecule has 15 heavy (non-hydrogen) atoms. The zero-order chi connectivity index (χ0) is 10.7. The van der Waals surface area contributed by atoms with E-state index in [4.69, 9.17) is 0 Å². The van der Waals surface area contributed by atoms with Crippen molar-refractivity contribution in [3.8, 4) is 0 Å². The molecule has 1 aliphatic rings. The van der Waals surface area contributed by atoms with Gasteiger partial charge in [-0.25, -0.2) is 0 Å². The van der Waals surface area contributed by atoms with E-state index in [1.54, 1.807) is 0 Å². The van der Waals surface area contributed by atoms with E-state index in [1.165, 1.54) is 11.3 Å². The molecule has 1 heterocycles. The molecule has 0 saturated carbocycles. The van der Waals surface area contributed by atoms with E-state index in [0.717, 1.165) is 19.4 Å². The highest BCUT2D eigenvalue weighted by Gasteiger charge is 2.26. The largest absolute Gasteiger partial charge is 0.367 e. The van der Waals surface area contributed by atoms with Gasteiger partial charge in [-0.05, 0) is 11.6 Å². The van der Waals surface area contributed by atoms with Gasteiger partial charge in [-0.2, -0.15) is 0 Å². The normalized spacial score (nSPS) is 18.7. The van der Waals surface area contributed by atoms with Gasteiger partial charge in [0.1, 0.15) is 6.29 Å². The number of hydrogen-bond donors (Lipinski definition) is 0. The summed E-state index contributed by atoms with van der Waals surface area (Å²) in [6.45, 7) is 5.55. The maximum atomic E-state index is 10.6. The van der Waals surface area contributed by atoms with Gasteiger partial charge in [0.05, 0.1) is 0 Å². The summed E-state index contributed by atoms with van der Waals surface area (Å²) < 4.78 is 0. The smallest absolute Gasteiger partial charge is 0.120 e. The molecule has 0 aromatic heterocycles. The van der Waals surface area contributed by atoms with Crippen LogP contribution >= 0.6 is 0 Å². The Balaban J connectivity index is 2.30. The van der Waals surface area contributed by atoms with Crippen LogP contribution in [0.25, 0.3) is 0 Å². The van der Waals surface area contributed by atoms with Gasteiger partial charge in [-0.3, -0.25) is 0 Å². The minimum atomic E-state index is 0.360. The number of carbonyl (C=O) groups excluding carboxylic acids is 1. The molecule has 1 atom stereocenters. The molecule has 2 heteroatoms. The zero-order valence-corrected chi connectivity index (χ0v) is 8.73. The summed E-state index contributed by atoms with van der Waals surface area (Å²) in [6, 6.07) is 8.31. The molecule has 2 nitrogen and oxygen atoms in total. The molecule has 0 bridgehead atoms. The van der Waals surface area contributed by atoms with Gasteiger partial charge in [0.2, 0.25) is 0 Å². The van der Waals surface area contributed by atoms with Crippen LogP contribution in [0.3, 0.4) is 0 Å². The lowest BCUT2D eigenvalue weighted by atomic mass is 9.99. The lowest BCUT2D eigenvalue weighted by molar-refractivity contribution is -0.108. The van der Waals surface area contributed by atoms with E-state index in [9.17, 15) is 4.79 Å². The van der Waals surface area contributed by atoms with E-state index < -0.39 is 0 Å². The van der Waals surface area contributed by atoms with Crippen LogP contribution in [0, 0.1) is 0 Å². The van der Waals surface area contributed by atoms with Gasteiger partial charge in [0.25, 0.3) is 0 Å². The van der Waals surface area contributed by atoms with Crippen LogP contribution in [0.2, 0.25) is 0 Å². The fourth-order valence-corrected chi connectivity index (χ4v) is 2.23. The lowest BCUT2D eigenvalue weighted by Gasteiger charge is -2.16. The number of nitrogens with zero attached hydrogens (tertiary/aromatic N) is 1. The lowest BCUT2D eigenvalue weighted by Crippen LogP contribution is -2.21. The molecule has 0 fully saturated rings. The molecule has 0 amide bonds. The van der Waals surface area contributed by atoms with Crippen LogP contribution in [0.15, 0.2) is 36.9 Å². The first-order valence-corrected chi connectivity index (χ1v) is 5.25. The number of fused-ring (bicyclic) bond motifs is 1. The molecule has 1 aromatic carbocycles. The van der Waals surface area contributed by atoms with Crippen LogP contribution < -0.4 is 4.90 Å². The fraction of sp³-hybridized carbons (Fsp3) is 0.308. The number of hydrogen-bond acceptors (Lipinski definition) is 2. The molecule has 0 saturated heterocycles. The Labute approximate surface area is 90.2 Å². The van der Waals surface area contributed by atoms with Crippen LogP contribution in [0.5, 0.6) is 0 Å². The number of para-hydroxylation sites is 1. The van der Waals surface area contributed by atoms with Crippen molar-refractivity contribution in [2.45, 2.75) is 12.3 Å². The quantitative estimate of drug-likeness (QED) is 0.550. The second kappa shape index (κ2) is 4.30. The number of benzene rings is 1. The van der Waals surface area contributed by atoms with Crippen molar-refractivity contribution < 1.29 is 4.79 Å². The fourth-order valence-electron chi connectivity index (χ4n) is 2.23. The van der Waals surface area contributed by atoms with Crippen LogP contribution in [0.1, 0.15) is 17.9 Å². The molecule has 1 aliphatic heterocycles. The molecule has 0 aliphatic carbocycles. The van der Waals surface area contributed by atoms with Crippen molar-refractivity contribution in [1.82, 2.24) is 0 Å². The first-order valence-electron chi connectivity index (χ1n) is 5.25. The second-order valence-corrected chi connectivity index (χ2v) is 3.85. The van der Waals surface area contributed by atoms with Crippen molar-refractivity contribution in [3.05, 3.63) is 42.5 Å². The van der Waals surface area contributed by atoms with Crippen LogP contribution in [0.4, 0.5) is 5.69 Å². The summed E-state index contributed by atoms with van der Waals surface area (Å²) in [4.78, 5) is 12.9. The maximum absolute atomic E-state index is 10.6. The minimum Gasteiger partial charge on any atom is -0.367 e. The maximum Gasteiger partial charge on any atom is 0.120 e. The van der Waals surface area contributed by atoms with Crippen molar-refractivity contribution in [1.29, 1.82) is 0 Å². The van der Waals surface area contributed by atoms with E-state index in [-0.39, 0.29) is 0 Å². The standard InChI is InChI=1S/C13H15NO/c1-2-8-14-10-11(7-9-15)12-5-3-4-6-13(12)14/h2-6,9,11H,1,7-8,10H2. The first kappa shape index (κ1) is 9.97. The summed E-state index contributed by atoms with van der Waals surface area (Å²) in [5.41, 5.74) is 2.55. The predicted octanol–water partition coefficient (Wildman–Crippen LogP) is 2.37. The average Bonchev–Trinajstić information content (AvgIpc) is 2.59. The Hall–Kier alpha value is -1.57. The summed E-state index contributed by atoms with van der Waals surface area (Å²) in [7, 11) is 0. The Kier molecular flexibility index (Phi) is 2.86. The van der Waals surface area contributed by atoms with Crippen molar-refractivity contribution in [3.63, 3.8) is 0 Å². The number of rotatable bonds is 4. The van der Waals surface area contributed by atoms with E-state index in [2.05, 4.69) is 23.6 Å². The number of carbonyl (C=O) groups is 1. The van der Waals surface area contributed by atoms with Crippen molar-refractivity contribution in [2.75, 3.05) is 18.0 Å². The molecule has 1 unspecified atom stereocenters. The summed E-state index contributed by atoms with van der Waals surface area (Å²) in [5.74, 6) is 0.360. The Morgan fingerprint density at radius 3 is 3.00 bits per heavy atom. The van der Waals surface area contributed by atoms with E-state index in [1.807, 2.05) is 18.2 Å². The van der Waals surface area contributed by atoms with E-state index in [0.29, 0.717) is 12.3 Å². The molecule has 1 aromatic rings. The van der Waals surface area contributed by atoms with Gasteiger partial charge in [-0.15, -0.1) is 6.58 Å². The average molecular weight is 201 g/mol. The minimum absolute atomic E-state index is 0.360. The monoisotopic (exact) mass is 201 g/mol. The zero-order valence-electron chi connectivity index (χ0n) is 8.73. The predicted molar refractivity (Wildman–Crippen MR) is 62.3 cm³/mol. The Morgan fingerprint density at radius 1 is 1.47 bits per heavy atom. The molecular formula is C13H15NO. The SMILES string of the molecule is C=CCN1CC(CC=O)c2ccccc21. The van der Waals surface area contributed by atoms with Crippen molar-refractivity contribution >= 4 is 12.0 Å². The van der Waals surface area contributed by atoms with E-state index >= 15 is 0 Å². The highest BCUT2D eigenvalue weighted by atomic mass is 16.1.